The number of ether oxygens (including phenoxy) is 2. The van der Waals surface area contributed by atoms with Gasteiger partial charge in [0.1, 0.15) is 13.3 Å². The van der Waals surface area contributed by atoms with Crippen molar-refractivity contribution in [2.24, 2.45) is 0 Å². The van der Waals surface area contributed by atoms with Crippen LogP contribution in [0.1, 0.15) is 29.9 Å². The van der Waals surface area contributed by atoms with Crippen molar-refractivity contribution >= 4 is 28.3 Å². The zero-order chi connectivity index (χ0) is 20.7. The van der Waals surface area contributed by atoms with Gasteiger partial charge in [0.15, 0.2) is 11.2 Å². The summed E-state index contributed by atoms with van der Waals surface area (Å²) in [5.41, 5.74) is 0.385. The number of carboxylic acid groups (broad SMARTS) is 1. The van der Waals surface area contributed by atoms with E-state index in [-0.39, 0.29) is 35.0 Å². The van der Waals surface area contributed by atoms with Gasteiger partial charge in [-0.1, -0.05) is 0 Å². The Kier molecular flexibility index (Phi) is 7.61. The molecule has 0 aliphatic rings. The quantitative estimate of drug-likeness (QED) is 0.614. The molecule has 2 aromatic rings. The second kappa shape index (κ2) is 9.93. The van der Waals surface area contributed by atoms with Crippen LogP contribution >= 0.6 is 11.3 Å². The normalized spacial score (nSPS) is 10.9. The number of nitrogens with zero attached hydrogens (tertiary/aromatic N) is 2. The summed E-state index contributed by atoms with van der Waals surface area (Å²) in [5, 5.41) is 13.0. The molecule has 0 unspecified atom stereocenters. The molecule has 0 radical (unpaired) electrons. The maximum absolute atomic E-state index is 12.7. The number of carboxylic acids is 1. The Hall–Kier alpha value is -2.82. The van der Waals surface area contributed by atoms with Gasteiger partial charge in [0.2, 0.25) is 11.8 Å². The number of carbonyl (C=O) groups is 2. The van der Waals surface area contributed by atoms with Crippen molar-refractivity contribution in [3.8, 4) is 11.8 Å². The van der Waals surface area contributed by atoms with Crippen LogP contribution in [0, 0.1) is 0 Å². The van der Waals surface area contributed by atoms with Crippen LogP contribution in [0.4, 0.5) is 13.9 Å². The second-order valence-corrected chi connectivity index (χ2v) is 6.77. The Morgan fingerprint density at radius 2 is 1.82 bits per heavy atom. The van der Waals surface area contributed by atoms with Crippen LogP contribution < -0.4 is 14.8 Å². The number of amides is 1. The van der Waals surface area contributed by atoms with Gasteiger partial charge >= 0.3 is 5.97 Å². The molecule has 28 heavy (non-hydrogen) atoms. The van der Waals surface area contributed by atoms with Crippen LogP contribution in [0.25, 0.3) is 0 Å². The SMILES string of the molecule is CC(C)Oc1cc(C(=O)Nc2nc(CC(=O)O)cs2)cc(OC(CF)CF)n1. The first-order valence-electron chi connectivity index (χ1n) is 8.25. The van der Waals surface area contributed by atoms with Gasteiger partial charge in [-0.3, -0.25) is 14.9 Å². The van der Waals surface area contributed by atoms with Gasteiger partial charge in [-0.25, -0.2) is 13.8 Å². The number of hydrogen-bond acceptors (Lipinski definition) is 7. The molecular weight excluding hydrogens is 396 g/mol. The molecule has 1 amide bonds. The topological polar surface area (TPSA) is 111 Å². The molecule has 0 aromatic carbocycles. The average molecular weight is 415 g/mol. The summed E-state index contributed by atoms with van der Waals surface area (Å²) < 4.78 is 36.1. The monoisotopic (exact) mass is 415 g/mol. The summed E-state index contributed by atoms with van der Waals surface area (Å²) in [6.07, 6.45) is -1.86. The standard InChI is InChI=1S/C17H19F2N3O5S/c1-9(2)26-13-3-10(4-14(21-13)27-12(6-18)7-19)16(25)22-17-20-11(8-28-17)5-15(23)24/h3-4,8-9,12H,5-7H2,1-2H3,(H,23,24)(H,20,22,25). The lowest BCUT2D eigenvalue weighted by atomic mass is 10.2. The van der Waals surface area contributed by atoms with Crippen molar-refractivity contribution in [2.45, 2.75) is 32.5 Å². The minimum atomic E-state index is -1.34. The lowest BCUT2D eigenvalue weighted by Crippen LogP contribution is -2.22. The average Bonchev–Trinajstić information content (AvgIpc) is 3.04. The molecule has 2 N–H and O–H groups in total. The predicted octanol–water partition coefficient (Wildman–Crippen LogP) is 2.89. The molecule has 2 heterocycles. The number of hydrogen-bond donors (Lipinski definition) is 2. The number of pyridine rings is 1. The minimum absolute atomic E-state index is 0.0554. The summed E-state index contributed by atoms with van der Waals surface area (Å²) >= 11 is 1.07. The second-order valence-electron chi connectivity index (χ2n) is 5.92. The number of rotatable bonds is 10. The molecule has 2 rings (SSSR count). The Morgan fingerprint density at radius 1 is 1.18 bits per heavy atom. The highest BCUT2D eigenvalue weighted by Crippen LogP contribution is 2.23. The summed E-state index contributed by atoms with van der Waals surface area (Å²) in [7, 11) is 0. The van der Waals surface area contributed by atoms with Gasteiger partial charge < -0.3 is 14.6 Å². The third-order valence-electron chi connectivity index (χ3n) is 3.13. The van der Waals surface area contributed by atoms with E-state index < -0.39 is 31.3 Å². The molecule has 8 nitrogen and oxygen atoms in total. The third-order valence-corrected chi connectivity index (χ3v) is 3.94. The molecule has 0 bridgehead atoms. The number of halogens is 2. The summed E-state index contributed by atoms with van der Waals surface area (Å²) in [6, 6.07) is 2.58. The third kappa shape index (κ3) is 6.41. The van der Waals surface area contributed by atoms with E-state index in [9.17, 15) is 18.4 Å². The smallest absolute Gasteiger partial charge is 0.309 e. The van der Waals surface area contributed by atoms with E-state index in [1.54, 1.807) is 13.8 Å². The number of aliphatic carboxylic acids is 1. The van der Waals surface area contributed by atoms with Crippen molar-refractivity contribution in [3.63, 3.8) is 0 Å². The molecule has 0 saturated carbocycles. The lowest BCUT2D eigenvalue weighted by molar-refractivity contribution is -0.136. The predicted molar refractivity (Wildman–Crippen MR) is 97.8 cm³/mol. The fourth-order valence-corrected chi connectivity index (χ4v) is 2.72. The van der Waals surface area contributed by atoms with Crippen molar-refractivity contribution in [2.75, 3.05) is 18.7 Å². The maximum Gasteiger partial charge on any atom is 0.309 e. The molecule has 0 fully saturated rings. The number of anilines is 1. The van der Waals surface area contributed by atoms with Crippen LogP contribution in [0.3, 0.4) is 0 Å². The van der Waals surface area contributed by atoms with Gasteiger partial charge in [0, 0.05) is 17.5 Å². The van der Waals surface area contributed by atoms with E-state index in [1.807, 2.05) is 0 Å². The summed E-state index contributed by atoms with van der Waals surface area (Å²) in [4.78, 5) is 31.2. The van der Waals surface area contributed by atoms with Gasteiger partial charge in [0.25, 0.3) is 5.91 Å². The first-order chi connectivity index (χ1) is 13.3. The van der Waals surface area contributed by atoms with Gasteiger partial charge in [-0.2, -0.15) is 4.98 Å². The highest BCUT2D eigenvalue weighted by atomic mass is 32.1. The number of nitrogens with one attached hydrogen (secondary N) is 1. The molecular formula is C17H19F2N3O5S. The van der Waals surface area contributed by atoms with E-state index in [2.05, 4.69) is 15.3 Å². The fourth-order valence-electron chi connectivity index (χ4n) is 2.02. The molecule has 0 spiro atoms. The molecule has 0 aliphatic heterocycles. The highest BCUT2D eigenvalue weighted by Gasteiger charge is 2.17. The Bertz CT molecular complexity index is 827. The van der Waals surface area contributed by atoms with E-state index in [4.69, 9.17) is 14.6 Å². The highest BCUT2D eigenvalue weighted by molar-refractivity contribution is 7.14. The van der Waals surface area contributed by atoms with Crippen molar-refractivity contribution in [1.82, 2.24) is 9.97 Å². The van der Waals surface area contributed by atoms with Gasteiger partial charge in [0.05, 0.1) is 23.8 Å². The van der Waals surface area contributed by atoms with Crippen molar-refractivity contribution in [1.29, 1.82) is 0 Å². The zero-order valence-corrected chi connectivity index (χ0v) is 16.0. The Balaban J connectivity index is 2.22. The maximum atomic E-state index is 12.7. The van der Waals surface area contributed by atoms with Crippen LogP contribution in [-0.4, -0.2) is 52.5 Å². The lowest BCUT2D eigenvalue weighted by Gasteiger charge is -2.15. The Labute approximate surface area is 163 Å². The van der Waals surface area contributed by atoms with Gasteiger partial charge in [-0.15, -0.1) is 11.3 Å². The van der Waals surface area contributed by atoms with Crippen LogP contribution in [0.15, 0.2) is 17.5 Å². The van der Waals surface area contributed by atoms with Crippen LogP contribution in [-0.2, 0) is 11.2 Å². The van der Waals surface area contributed by atoms with E-state index in [0.29, 0.717) is 5.69 Å². The molecule has 0 atom stereocenters. The van der Waals surface area contributed by atoms with E-state index in [0.717, 1.165) is 11.3 Å². The molecule has 0 saturated heterocycles. The van der Waals surface area contributed by atoms with Crippen molar-refractivity contribution in [3.05, 3.63) is 28.8 Å². The van der Waals surface area contributed by atoms with Crippen LogP contribution in [0.5, 0.6) is 11.8 Å². The number of carbonyl (C=O) groups excluding carboxylic acids is 1. The van der Waals surface area contributed by atoms with Gasteiger partial charge in [-0.05, 0) is 13.8 Å². The fraction of sp³-hybridized carbons (Fsp3) is 0.412. The molecule has 152 valence electrons. The number of thiazole rings is 1. The number of aromatic nitrogens is 2. The van der Waals surface area contributed by atoms with Crippen molar-refractivity contribution < 1.29 is 33.0 Å². The molecule has 0 aliphatic carbocycles. The van der Waals surface area contributed by atoms with Crippen LogP contribution in [0.2, 0.25) is 0 Å². The van der Waals surface area contributed by atoms with E-state index in [1.165, 1.54) is 17.5 Å². The minimum Gasteiger partial charge on any atom is -0.481 e. The summed E-state index contributed by atoms with van der Waals surface area (Å²) in [5.74, 6) is -1.73. The first kappa shape index (κ1) is 21.5. The number of alkyl halides is 2. The largest absolute Gasteiger partial charge is 0.481 e. The van der Waals surface area contributed by atoms with E-state index >= 15 is 0 Å². The first-order valence-corrected chi connectivity index (χ1v) is 9.13. The Morgan fingerprint density at radius 3 is 2.39 bits per heavy atom. The molecule has 2 aromatic heterocycles. The molecule has 11 heteroatoms. The summed E-state index contributed by atoms with van der Waals surface area (Å²) in [6.45, 7) is 1.39. The zero-order valence-electron chi connectivity index (χ0n) is 15.1.